The van der Waals surface area contributed by atoms with Crippen LogP contribution in [0.1, 0.15) is 59.2 Å². The van der Waals surface area contributed by atoms with Gasteiger partial charge in [0, 0.05) is 12.1 Å². The molecule has 158 valence electrons. The maximum absolute atomic E-state index is 11.6. The molecule has 3 aromatic rings. The number of aromatic hydroxyl groups is 1. The summed E-state index contributed by atoms with van der Waals surface area (Å²) in [5.74, 6) is -1.03. The topological polar surface area (TPSA) is 125 Å². The molecule has 9 nitrogen and oxygen atoms in total. The lowest BCUT2D eigenvalue weighted by Gasteiger charge is -2.00. The van der Waals surface area contributed by atoms with Crippen molar-refractivity contribution in [3.05, 3.63) is 46.7 Å². The minimum absolute atomic E-state index is 0.0657. The Bertz CT molecular complexity index is 1060. The van der Waals surface area contributed by atoms with Gasteiger partial charge in [0.15, 0.2) is 16.5 Å². The number of aromatic nitrogens is 3. The van der Waals surface area contributed by atoms with Crippen molar-refractivity contribution < 1.29 is 28.6 Å². The number of rotatable bonds is 5. The fourth-order valence-corrected chi connectivity index (χ4v) is 2.87. The van der Waals surface area contributed by atoms with Crippen molar-refractivity contribution in [2.75, 3.05) is 13.2 Å². The second-order valence-electron chi connectivity index (χ2n) is 6.30. The minimum atomic E-state index is -0.645. The molecule has 1 fully saturated rings. The number of hydrogen-bond donors (Lipinski definition) is 1. The first-order chi connectivity index (χ1) is 14.5. The van der Waals surface area contributed by atoms with E-state index in [2.05, 4.69) is 15.2 Å². The molecule has 0 saturated heterocycles. The van der Waals surface area contributed by atoms with E-state index in [4.69, 9.17) is 25.5 Å². The smallest absolute Gasteiger partial charge is 0.378 e. The highest BCUT2D eigenvalue weighted by Crippen LogP contribution is 2.44. The van der Waals surface area contributed by atoms with Gasteiger partial charge in [-0.2, -0.15) is 5.10 Å². The second-order valence-corrected chi connectivity index (χ2v) is 6.66. The molecule has 1 aliphatic carbocycles. The fourth-order valence-electron chi connectivity index (χ4n) is 2.69. The van der Waals surface area contributed by atoms with Gasteiger partial charge in [0.1, 0.15) is 5.56 Å². The van der Waals surface area contributed by atoms with Gasteiger partial charge in [-0.05, 0) is 38.8 Å². The highest BCUT2D eigenvalue weighted by atomic mass is 35.5. The van der Waals surface area contributed by atoms with Crippen molar-refractivity contribution in [2.45, 2.75) is 32.6 Å². The van der Waals surface area contributed by atoms with Gasteiger partial charge in [0.2, 0.25) is 0 Å². The van der Waals surface area contributed by atoms with E-state index in [-0.39, 0.29) is 28.8 Å². The molecule has 3 aromatic heterocycles. The molecule has 0 unspecified atom stereocenters. The quantitative estimate of drug-likeness (QED) is 0.596. The van der Waals surface area contributed by atoms with Gasteiger partial charge in [-0.3, -0.25) is 4.98 Å². The summed E-state index contributed by atoms with van der Waals surface area (Å²) >= 11 is 5.58. The number of hydrogen-bond acceptors (Lipinski definition) is 9. The Labute approximate surface area is 177 Å². The van der Waals surface area contributed by atoms with E-state index in [0.29, 0.717) is 23.5 Å². The lowest BCUT2D eigenvalue weighted by atomic mass is 10.2. The van der Waals surface area contributed by atoms with Crippen LogP contribution < -0.4 is 0 Å². The number of esters is 2. The molecular formula is C20H20ClN3O6. The number of furan rings is 1. The van der Waals surface area contributed by atoms with Crippen LogP contribution in [-0.4, -0.2) is 45.4 Å². The molecule has 30 heavy (non-hydrogen) atoms. The predicted octanol–water partition coefficient (Wildman–Crippen LogP) is 3.89. The Kier molecular flexibility index (Phi) is 6.83. The van der Waals surface area contributed by atoms with Crippen LogP contribution in [-0.2, 0) is 9.47 Å². The van der Waals surface area contributed by atoms with Gasteiger partial charge >= 0.3 is 11.9 Å². The summed E-state index contributed by atoms with van der Waals surface area (Å²) in [4.78, 5) is 27.0. The number of halogens is 1. The summed E-state index contributed by atoms with van der Waals surface area (Å²) in [7, 11) is 0. The molecule has 0 aliphatic heterocycles. The number of carbonyl (C=O) groups excluding carboxylic acids is 2. The van der Waals surface area contributed by atoms with E-state index < -0.39 is 11.9 Å². The monoisotopic (exact) mass is 433 g/mol. The van der Waals surface area contributed by atoms with Crippen LogP contribution in [0, 0.1) is 0 Å². The Hall–Kier alpha value is -3.20. The number of pyridine rings is 1. The van der Waals surface area contributed by atoms with Crippen LogP contribution in [0.5, 0.6) is 5.75 Å². The Morgan fingerprint density at radius 2 is 1.87 bits per heavy atom. The molecule has 1 aliphatic rings. The third kappa shape index (κ3) is 4.68. The normalized spacial score (nSPS) is 12.8. The molecule has 1 N–H and O–H groups in total. The molecule has 0 bridgehead atoms. The first-order valence-electron chi connectivity index (χ1n) is 9.39. The molecule has 3 heterocycles. The Morgan fingerprint density at radius 1 is 1.17 bits per heavy atom. The average molecular weight is 434 g/mol. The standard InChI is InChI=1S/C13H13NO4.C7H7ClN2O2/c1-2-17-13(16)12-10(15)8-5-6-14-9(7-3-4-7)11(8)18-12;1-2-12-7(11)5-3-4-9-10-6(5)8/h5-7,15H,2-4H2,1H3;3-4H,2H2,1H3. The van der Waals surface area contributed by atoms with Crippen molar-refractivity contribution in [1.82, 2.24) is 15.2 Å². The van der Waals surface area contributed by atoms with Gasteiger partial charge < -0.3 is 19.0 Å². The van der Waals surface area contributed by atoms with Gasteiger partial charge in [0.05, 0.1) is 30.5 Å². The molecule has 0 aromatic carbocycles. The first-order valence-corrected chi connectivity index (χ1v) is 9.77. The third-order valence-corrected chi connectivity index (χ3v) is 4.48. The zero-order valence-corrected chi connectivity index (χ0v) is 17.2. The Morgan fingerprint density at radius 3 is 2.50 bits per heavy atom. The zero-order chi connectivity index (χ0) is 21.7. The van der Waals surface area contributed by atoms with Crippen LogP contribution in [0.3, 0.4) is 0 Å². The van der Waals surface area contributed by atoms with E-state index in [0.717, 1.165) is 18.5 Å². The summed E-state index contributed by atoms with van der Waals surface area (Å²) in [5, 5.41) is 17.6. The van der Waals surface area contributed by atoms with Crippen molar-refractivity contribution in [3.63, 3.8) is 0 Å². The minimum Gasteiger partial charge on any atom is -0.504 e. The van der Waals surface area contributed by atoms with Crippen molar-refractivity contribution >= 4 is 34.5 Å². The van der Waals surface area contributed by atoms with Crippen LogP contribution in [0.15, 0.2) is 28.9 Å². The molecule has 0 atom stereocenters. The highest BCUT2D eigenvalue weighted by molar-refractivity contribution is 6.32. The zero-order valence-electron chi connectivity index (χ0n) is 16.4. The van der Waals surface area contributed by atoms with Gasteiger partial charge in [-0.1, -0.05) is 11.6 Å². The van der Waals surface area contributed by atoms with Crippen LogP contribution in [0.25, 0.3) is 11.0 Å². The largest absolute Gasteiger partial charge is 0.504 e. The predicted molar refractivity (Wildman–Crippen MR) is 107 cm³/mol. The van der Waals surface area contributed by atoms with E-state index in [1.165, 1.54) is 12.3 Å². The SMILES string of the molecule is CCOC(=O)c1ccnnc1Cl.CCOC(=O)c1oc2c(C3CC3)nccc2c1O. The first kappa shape index (κ1) is 21.5. The third-order valence-electron chi connectivity index (χ3n) is 4.20. The molecular weight excluding hydrogens is 414 g/mol. The highest BCUT2D eigenvalue weighted by Gasteiger charge is 2.31. The maximum Gasteiger partial charge on any atom is 0.378 e. The summed E-state index contributed by atoms with van der Waals surface area (Å²) in [6.07, 6.45) is 5.16. The average Bonchev–Trinajstić information content (AvgIpc) is 3.52. The summed E-state index contributed by atoms with van der Waals surface area (Å²) in [6.45, 7) is 3.98. The molecule has 0 radical (unpaired) electrons. The number of fused-ring (bicyclic) bond motifs is 1. The van der Waals surface area contributed by atoms with Gasteiger partial charge in [0.25, 0.3) is 5.76 Å². The summed E-state index contributed by atoms with van der Waals surface area (Å²) in [5.41, 5.74) is 1.56. The van der Waals surface area contributed by atoms with Crippen molar-refractivity contribution in [3.8, 4) is 5.75 Å². The summed E-state index contributed by atoms with van der Waals surface area (Å²) in [6, 6.07) is 3.11. The lowest BCUT2D eigenvalue weighted by molar-refractivity contribution is 0.0486. The van der Waals surface area contributed by atoms with Gasteiger partial charge in [-0.25, -0.2) is 9.59 Å². The molecule has 0 spiro atoms. The fraction of sp³-hybridized carbons (Fsp3) is 0.350. The second kappa shape index (κ2) is 9.53. The molecule has 0 amide bonds. The molecule has 4 rings (SSSR count). The summed E-state index contributed by atoms with van der Waals surface area (Å²) < 4.78 is 15.0. The van der Waals surface area contributed by atoms with Crippen molar-refractivity contribution in [1.29, 1.82) is 0 Å². The van der Waals surface area contributed by atoms with E-state index in [9.17, 15) is 14.7 Å². The van der Waals surface area contributed by atoms with Crippen LogP contribution in [0.4, 0.5) is 0 Å². The number of ether oxygens (including phenoxy) is 2. The molecule has 1 saturated carbocycles. The lowest BCUT2D eigenvalue weighted by Crippen LogP contribution is -2.06. The van der Waals surface area contributed by atoms with E-state index >= 15 is 0 Å². The van der Waals surface area contributed by atoms with Crippen molar-refractivity contribution in [2.24, 2.45) is 0 Å². The number of nitrogens with zero attached hydrogens (tertiary/aromatic N) is 3. The van der Waals surface area contributed by atoms with E-state index in [1.54, 1.807) is 26.1 Å². The Balaban J connectivity index is 0.000000187. The maximum atomic E-state index is 11.6. The molecule has 10 heteroatoms. The number of carbonyl (C=O) groups is 2. The van der Waals surface area contributed by atoms with Crippen LogP contribution >= 0.6 is 11.6 Å². The van der Waals surface area contributed by atoms with Crippen LogP contribution in [0.2, 0.25) is 5.15 Å². The van der Waals surface area contributed by atoms with E-state index in [1.807, 2.05) is 0 Å². The van der Waals surface area contributed by atoms with Gasteiger partial charge in [-0.15, -0.1) is 5.10 Å².